The average Bonchev–Trinajstić information content (AvgIpc) is 2.77. The van der Waals surface area contributed by atoms with Crippen LogP contribution in [-0.2, 0) is 7.05 Å². The second-order valence-electron chi connectivity index (χ2n) is 5.77. The van der Waals surface area contributed by atoms with Gasteiger partial charge in [0.05, 0.1) is 5.69 Å². The Labute approximate surface area is 115 Å². The largest absolute Gasteiger partial charge is 0.397 e. The molecule has 1 aromatic rings. The Morgan fingerprint density at radius 3 is 2.32 bits per heavy atom. The number of carbonyl (C=O) groups is 1. The third-order valence-corrected chi connectivity index (χ3v) is 4.86. The molecule has 0 unspecified atom stereocenters. The fourth-order valence-corrected chi connectivity index (χ4v) is 3.11. The van der Waals surface area contributed by atoms with Crippen molar-refractivity contribution < 1.29 is 4.79 Å². The first-order valence-corrected chi connectivity index (χ1v) is 7.22. The molecule has 2 heterocycles. The normalized spacial score (nSPS) is 18.6. The summed E-state index contributed by atoms with van der Waals surface area (Å²) < 4.78 is 1.82. The molecule has 2 N–H and O–H groups in total. The van der Waals surface area contributed by atoms with E-state index in [9.17, 15) is 4.79 Å². The first-order chi connectivity index (χ1) is 9.01. The number of hydrogen-bond acceptors (Lipinski definition) is 2. The highest BCUT2D eigenvalue weighted by Crippen LogP contribution is 2.38. The van der Waals surface area contributed by atoms with Crippen LogP contribution in [0.3, 0.4) is 0 Å². The molecule has 1 aliphatic heterocycles. The Morgan fingerprint density at radius 1 is 1.32 bits per heavy atom. The Balaban J connectivity index is 2.06. The second-order valence-corrected chi connectivity index (χ2v) is 5.77. The number of hydrogen-bond donors (Lipinski definition) is 1. The molecule has 4 heteroatoms. The summed E-state index contributed by atoms with van der Waals surface area (Å²) in [5.74, 6) is 0.111. The lowest BCUT2D eigenvalue weighted by Gasteiger charge is -2.41. The Morgan fingerprint density at radius 2 is 1.89 bits per heavy atom. The number of anilines is 1. The van der Waals surface area contributed by atoms with E-state index >= 15 is 0 Å². The minimum Gasteiger partial charge on any atom is -0.397 e. The molecule has 0 aromatic carbocycles. The maximum absolute atomic E-state index is 12.5. The van der Waals surface area contributed by atoms with Crippen LogP contribution < -0.4 is 5.73 Å². The molecule has 0 atom stereocenters. The van der Waals surface area contributed by atoms with Crippen molar-refractivity contribution in [3.05, 3.63) is 18.0 Å². The zero-order valence-electron chi connectivity index (χ0n) is 12.3. The minimum absolute atomic E-state index is 0.111. The van der Waals surface area contributed by atoms with E-state index in [0.29, 0.717) is 16.8 Å². The molecule has 19 heavy (non-hydrogen) atoms. The van der Waals surface area contributed by atoms with Gasteiger partial charge < -0.3 is 15.2 Å². The molecule has 0 saturated carbocycles. The van der Waals surface area contributed by atoms with Gasteiger partial charge in [-0.05, 0) is 24.3 Å². The zero-order chi connectivity index (χ0) is 14.0. The molecule has 0 bridgehead atoms. The molecular weight excluding hydrogens is 238 g/mol. The molecule has 0 aliphatic carbocycles. The fourth-order valence-electron chi connectivity index (χ4n) is 3.11. The fraction of sp³-hybridized carbons (Fsp3) is 0.667. The third-order valence-electron chi connectivity index (χ3n) is 4.86. The molecule has 1 aromatic heterocycles. The summed E-state index contributed by atoms with van der Waals surface area (Å²) >= 11 is 0. The van der Waals surface area contributed by atoms with Crippen LogP contribution in [0.2, 0.25) is 0 Å². The number of aryl methyl sites for hydroxylation is 1. The number of nitrogen functional groups attached to an aromatic ring is 1. The van der Waals surface area contributed by atoms with Gasteiger partial charge in [-0.3, -0.25) is 4.79 Å². The number of rotatable bonds is 3. The lowest BCUT2D eigenvalue weighted by atomic mass is 9.74. The van der Waals surface area contributed by atoms with Crippen molar-refractivity contribution in [2.75, 3.05) is 18.8 Å². The number of nitrogens with two attached hydrogens (primary N) is 1. The summed E-state index contributed by atoms with van der Waals surface area (Å²) in [7, 11) is 1.87. The van der Waals surface area contributed by atoms with Gasteiger partial charge in [0, 0.05) is 26.3 Å². The Hall–Kier alpha value is -1.45. The zero-order valence-corrected chi connectivity index (χ0v) is 12.3. The molecule has 2 rings (SSSR count). The standard InChI is InChI=1S/C15H25N3O/c1-4-15(5-2)6-8-18(9-7-15)14(19)13-10-12(16)11-17(13)3/h10-11H,4-9,16H2,1-3H3. The lowest BCUT2D eigenvalue weighted by molar-refractivity contribution is 0.0549. The van der Waals surface area contributed by atoms with Crippen LogP contribution in [0.25, 0.3) is 0 Å². The number of carbonyl (C=O) groups excluding carboxylic acids is 1. The van der Waals surface area contributed by atoms with Gasteiger partial charge in [0.15, 0.2) is 0 Å². The highest BCUT2D eigenvalue weighted by atomic mass is 16.2. The number of piperidine rings is 1. The van der Waals surface area contributed by atoms with Crippen LogP contribution in [0, 0.1) is 5.41 Å². The molecule has 1 aliphatic rings. The molecule has 0 spiro atoms. The van der Waals surface area contributed by atoms with Crippen molar-refractivity contribution in [1.82, 2.24) is 9.47 Å². The van der Waals surface area contributed by atoms with Gasteiger partial charge in [0.25, 0.3) is 5.91 Å². The monoisotopic (exact) mass is 263 g/mol. The minimum atomic E-state index is 0.111. The van der Waals surface area contributed by atoms with Gasteiger partial charge in [0.1, 0.15) is 5.69 Å². The maximum atomic E-state index is 12.5. The topological polar surface area (TPSA) is 51.3 Å². The number of likely N-dealkylation sites (tertiary alicyclic amines) is 1. The van der Waals surface area contributed by atoms with Gasteiger partial charge in [-0.15, -0.1) is 0 Å². The predicted octanol–water partition coefficient (Wildman–Crippen LogP) is 2.65. The summed E-state index contributed by atoms with van der Waals surface area (Å²) in [6, 6.07) is 1.77. The summed E-state index contributed by atoms with van der Waals surface area (Å²) in [6.45, 7) is 6.26. The van der Waals surface area contributed by atoms with Gasteiger partial charge in [-0.25, -0.2) is 0 Å². The number of aromatic nitrogens is 1. The van der Waals surface area contributed by atoms with E-state index in [2.05, 4.69) is 13.8 Å². The van der Waals surface area contributed by atoms with Crippen molar-refractivity contribution in [3.63, 3.8) is 0 Å². The van der Waals surface area contributed by atoms with Crippen LogP contribution in [-0.4, -0.2) is 28.5 Å². The SMILES string of the molecule is CCC1(CC)CCN(C(=O)c2cc(N)cn2C)CC1. The Bertz CT molecular complexity index is 450. The lowest BCUT2D eigenvalue weighted by Crippen LogP contribution is -2.43. The molecule has 1 amide bonds. The van der Waals surface area contributed by atoms with Crippen molar-refractivity contribution in [2.45, 2.75) is 39.5 Å². The quantitative estimate of drug-likeness (QED) is 0.911. The molecule has 1 fully saturated rings. The first-order valence-electron chi connectivity index (χ1n) is 7.22. The van der Waals surface area contributed by atoms with Crippen LogP contribution >= 0.6 is 0 Å². The molecular formula is C15H25N3O. The van der Waals surface area contributed by atoms with E-state index in [0.717, 1.165) is 25.9 Å². The summed E-state index contributed by atoms with van der Waals surface area (Å²) in [6.07, 6.45) is 6.45. The highest BCUT2D eigenvalue weighted by Gasteiger charge is 2.33. The molecule has 4 nitrogen and oxygen atoms in total. The van der Waals surface area contributed by atoms with E-state index in [4.69, 9.17) is 5.73 Å². The van der Waals surface area contributed by atoms with Crippen LogP contribution in [0.4, 0.5) is 5.69 Å². The molecule has 1 saturated heterocycles. The van der Waals surface area contributed by atoms with E-state index < -0.39 is 0 Å². The van der Waals surface area contributed by atoms with E-state index in [-0.39, 0.29) is 5.91 Å². The first kappa shape index (κ1) is 14.0. The van der Waals surface area contributed by atoms with Crippen molar-refractivity contribution in [2.24, 2.45) is 12.5 Å². The van der Waals surface area contributed by atoms with E-state index in [1.54, 1.807) is 12.3 Å². The highest BCUT2D eigenvalue weighted by molar-refractivity contribution is 5.93. The van der Waals surface area contributed by atoms with E-state index in [1.165, 1.54) is 12.8 Å². The van der Waals surface area contributed by atoms with Gasteiger partial charge >= 0.3 is 0 Å². The smallest absolute Gasteiger partial charge is 0.270 e. The molecule has 106 valence electrons. The average molecular weight is 263 g/mol. The van der Waals surface area contributed by atoms with Gasteiger partial charge in [0.2, 0.25) is 0 Å². The summed E-state index contributed by atoms with van der Waals surface area (Å²) in [5.41, 5.74) is 7.53. The number of nitrogens with zero attached hydrogens (tertiary/aromatic N) is 2. The van der Waals surface area contributed by atoms with Gasteiger partial charge in [-0.2, -0.15) is 0 Å². The maximum Gasteiger partial charge on any atom is 0.270 e. The second kappa shape index (κ2) is 5.27. The molecule has 0 radical (unpaired) electrons. The predicted molar refractivity (Wildman–Crippen MR) is 78.0 cm³/mol. The van der Waals surface area contributed by atoms with E-state index in [1.807, 2.05) is 16.5 Å². The van der Waals surface area contributed by atoms with Crippen LogP contribution in [0.1, 0.15) is 50.0 Å². The summed E-state index contributed by atoms with van der Waals surface area (Å²) in [5, 5.41) is 0. The third kappa shape index (κ3) is 2.62. The Kier molecular flexibility index (Phi) is 3.88. The van der Waals surface area contributed by atoms with Crippen molar-refractivity contribution >= 4 is 11.6 Å². The number of amides is 1. The summed E-state index contributed by atoms with van der Waals surface area (Å²) in [4.78, 5) is 14.4. The van der Waals surface area contributed by atoms with Gasteiger partial charge in [-0.1, -0.05) is 26.7 Å². The van der Waals surface area contributed by atoms with Crippen molar-refractivity contribution in [1.29, 1.82) is 0 Å². The van der Waals surface area contributed by atoms with Crippen molar-refractivity contribution in [3.8, 4) is 0 Å². The van der Waals surface area contributed by atoms with Crippen LogP contribution in [0.15, 0.2) is 12.3 Å². The van der Waals surface area contributed by atoms with Crippen LogP contribution in [0.5, 0.6) is 0 Å².